The van der Waals surface area contributed by atoms with Gasteiger partial charge in [0.15, 0.2) is 5.78 Å². The first-order valence-corrected chi connectivity index (χ1v) is 9.87. The Bertz CT molecular complexity index is 736. The smallest absolute Gasteiger partial charge is 0.215 e. The Morgan fingerprint density at radius 1 is 1.18 bits per heavy atom. The topological polar surface area (TPSA) is 65.0 Å². The van der Waals surface area contributed by atoms with Gasteiger partial charge in [-0.05, 0) is 35.5 Å². The summed E-state index contributed by atoms with van der Waals surface area (Å²) in [4.78, 5) is 12.8. The van der Waals surface area contributed by atoms with Crippen LogP contribution in [0.15, 0.2) is 29.8 Å². The van der Waals surface area contributed by atoms with E-state index in [-0.39, 0.29) is 30.0 Å². The van der Waals surface area contributed by atoms with Crippen LogP contribution in [0.5, 0.6) is 0 Å². The first kappa shape index (κ1) is 21.2. The molecule has 28 heavy (non-hydrogen) atoms. The van der Waals surface area contributed by atoms with E-state index in [9.17, 15) is 9.90 Å². The minimum atomic E-state index is -1.13. The van der Waals surface area contributed by atoms with E-state index >= 15 is 0 Å². The second kappa shape index (κ2) is 7.71. The van der Waals surface area contributed by atoms with Crippen molar-refractivity contribution < 1.29 is 24.1 Å². The number of hydrogen-bond acceptors (Lipinski definition) is 5. The summed E-state index contributed by atoms with van der Waals surface area (Å²) >= 11 is 0. The number of allylic oxidation sites excluding steroid dienone is 1. The monoisotopic (exact) mass is 388 g/mol. The molecule has 1 N–H and O–H groups in total. The van der Waals surface area contributed by atoms with E-state index in [2.05, 4.69) is 26.8 Å². The number of hydrogen-bond donors (Lipinski definition) is 1. The molecule has 5 nitrogen and oxygen atoms in total. The molecule has 0 amide bonds. The summed E-state index contributed by atoms with van der Waals surface area (Å²) in [6.45, 7) is 6.94. The van der Waals surface area contributed by atoms with Gasteiger partial charge in [0.1, 0.15) is 6.61 Å². The van der Waals surface area contributed by atoms with Crippen LogP contribution in [0.3, 0.4) is 0 Å². The molecule has 2 atom stereocenters. The van der Waals surface area contributed by atoms with Crippen LogP contribution in [-0.2, 0) is 25.6 Å². The lowest BCUT2D eigenvalue weighted by molar-refractivity contribution is -0.253. The molecule has 1 aromatic rings. The van der Waals surface area contributed by atoms with Crippen molar-refractivity contribution in [2.45, 2.75) is 46.0 Å². The summed E-state index contributed by atoms with van der Waals surface area (Å²) in [5.74, 6) is -0.648. The maximum Gasteiger partial charge on any atom is 0.215 e. The lowest BCUT2D eigenvalue weighted by atomic mass is 9.69. The Balaban J connectivity index is 1.67. The number of carbonyl (C=O) groups excluding carboxylic acids is 1. The van der Waals surface area contributed by atoms with Crippen molar-refractivity contribution >= 4 is 11.9 Å². The Labute approximate surface area is 167 Å². The fourth-order valence-corrected chi connectivity index (χ4v) is 4.71. The van der Waals surface area contributed by atoms with Gasteiger partial charge in [0.05, 0.1) is 13.2 Å². The highest BCUT2D eigenvalue weighted by Gasteiger charge is 2.63. The number of ether oxygens (including phenoxy) is 3. The number of aliphatic hydroxyl groups is 1. The van der Waals surface area contributed by atoms with Gasteiger partial charge in [0, 0.05) is 31.1 Å². The van der Waals surface area contributed by atoms with Crippen molar-refractivity contribution in [3.05, 3.63) is 41.0 Å². The van der Waals surface area contributed by atoms with Gasteiger partial charge in [0.2, 0.25) is 5.79 Å². The maximum absolute atomic E-state index is 12.8. The Hall–Kier alpha value is -1.53. The van der Waals surface area contributed by atoms with Crippen molar-refractivity contribution in [1.82, 2.24) is 0 Å². The normalized spacial score (nSPS) is 27.7. The molecule has 0 saturated heterocycles. The fraction of sp³-hybridized carbons (Fsp3) is 0.609. The van der Waals surface area contributed by atoms with E-state index in [1.54, 1.807) is 0 Å². The van der Waals surface area contributed by atoms with Crippen LogP contribution in [0.1, 0.15) is 44.7 Å². The van der Waals surface area contributed by atoms with E-state index in [4.69, 9.17) is 14.2 Å². The summed E-state index contributed by atoms with van der Waals surface area (Å²) in [5, 5.41) is 9.41. The molecular formula is C23H32O5. The van der Waals surface area contributed by atoms with Crippen molar-refractivity contribution in [3.8, 4) is 0 Å². The standard InChI is InChI=1S/C23H32O5/c1-21(2)18-10-11-22(21,3)19(20(18)25)12-16-6-8-17(9-7-16)13-28-15-23(14-24,26-4)27-5/h6-9,12,18,24H,10-11,13-15H2,1-5H3. The van der Waals surface area contributed by atoms with Gasteiger partial charge in [-0.1, -0.05) is 45.0 Å². The van der Waals surface area contributed by atoms with Gasteiger partial charge >= 0.3 is 0 Å². The molecule has 0 heterocycles. The average Bonchev–Trinajstić information content (AvgIpc) is 3.00. The molecule has 5 heteroatoms. The molecule has 0 aromatic heterocycles. The van der Waals surface area contributed by atoms with Crippen molar-refractivity contribution in [3.63, 3.8) is 0 Å². The molecule has 3 rings (SSSR count). The minimum absolute atomic E-state index is 0.0333. The first-order chi connectivity index (χ1) is 13.2. The third kappa shape index (κ3) is 3.35. The Kier molecular flexibility index (Phi) is 5.84. The van der Waals surface area contributed by atoms with Gasteiger partial charge in [-0.25, -0.2) is 0 Å². The summed E-state index contributed by atoms with van der Waals surface area (Å²) in [5.41, 5.74) is 3.02. The van der Waals surface area contributed by atoms with Crippen LogP contribution >= 0.6 is 0 Å². The third-order valence-electron chi connectivity index (χ3n) is 7.27. The summed E-state index contributed by atoms with van der Waals surface area (Å²) in [6.07, 6.45) is 4.16. The van der Waals surface area contributed by atoms with Gasteiger partial charge in [-0.2, -0.15) is 0 Å². The van der Waals surface area contributed by atoms with E-state index in [1.807, 2.05) is 24.3 Å². The van der Waals surface area contributed by atoms with Gasteiger partial charge in [-0.3, -0.25) is 4.79 Å². The number of aliphatic hydroxyl groups excluding tert-OH is 1. The first-order valence-electron chi connectivity index (χ1n) is 9.87. The molecule has 0 radical (unpaired) electrons. The van der Waals surface area contributed by atoms with Crippen LogP contribution in [0.4, 0.5) is 0 Å². The molecule has 0 spiro atoms. The Morgan fingerprint density at radius 3 is 2.32 bits per heavy atom. The van der Waals surface area contributed by atoms with Crippen LogP contribution in [0.2, 0.25) is 0 Å². The van der Waals surface area contributed by atoms with Crippen molar-refractivity contribution in [2.75, 3.05) is 27.4 Å². The highest BCUT2D eigenvalue weighted by Crippen LogP contribution is 2.66. The zero-order valence-electron chi connectivity index (χ0n) is 17.6. The quantitative estimate of drug-likeness (QED) is 0.545. The van der Waals surface area contributed by atoms with Gasteiger partial charge < -0.3 is 19.3 Å². The fourth-order valence-electron chi connectivity index (χ4n) is 4.71. The number of fused-ring (bicyclic) bond motifs is 2. The molecule has 2 saturated carbocycles. The summed E-state index contributed by atoms with van der Waals surface area (Å²) in [7, 11) is 2.95. The number of rotatable bonds is 8. The van der Waals surface area contributed by atoms with E-state index in [1.165, 1.54) is 14.2 Å². The molecule has 154 valence electrons. The van der Waals surface area contributed by atoms with E-state index in [0.29, 0.717) is 12.4 Å². The molecule has 2 aliphatic carbocycles. The van der Waals surface area contributed by atoms with E-state index < -0.39 is 5.79 Å². The highest BCUT2D eigenvalue weighted by molar-refractivity contribution is 6.06. The number of benzene rings is 1. The third-order valence-corrected chi connectivity index (χ3v) is 7.27. The molecule has 2 bridgehead atoms. The van der Waals surface area contributed by atoms with Crippen LogP contribution in [-0.4, -0.2) is 44.1 Å². The second-order valence-electron chi connectivity index (χ2n) is 8.78. The van der Waals surface area contributed by atoms with Gasteiger partial charge in [-0.15, -0.1) is 0 Å². The Morgan fingerprint density at radius 2 is 1.82 bits per heavy atom. The second-order valence-corrected chi connectivity index (χ2v) is 8.78. The van der Waals surface area contributed by atoms with E-state index in [0.717, 1.165) is 29.5 Å². The summed E-state index contributed by atoms with van der Waals surface area (Å²) in [6, 6.07) is 8.04. The largest absolute Gasteiger partial charge is 0.391 e. The van der Waals surface area contributed by atoms with Crippen molar-refractivity contribution in [1.29, 1.82) is 0 Å². The maximum atomic E-state index is 12.8. The lowest BCUT2D eigenvalue weighted by Gasteiger charge is -2.34. The number of methoxy groups -OCH3 is 2. The number of carbonyl (C=O) groups is 1. The molecular weight excluding hydrogens is 356 g/mol. The predicted molar refractivity (Wildman–Crippen MR) is 108 cm³/mol. The highest BCUT2D eigenvalue weighted by atomic mass is 16.7. The predicted octanol–water partition coefficient (Wildman–Crippen LogP) is 3.59. The molecule has 1 aromatic carbocycles. The average molecular weight is 389 g/mol. The lowest BCUT2D eigenvalue weighted by Crippen LogP contribution is -2.42. The molecule has 2 unspecified atom stereocenters. The van der Waals surface area contributed by atoms with Crippen LogP contribution < -0.4 is 0 Å². The zero-order valence-corrected chi connectivity index (χ0v) is 17.6. The van der Waals surface area contributed by atoms with Gasteiger partial charge in [0.25, 0.3) is 0 Å². The van der Waals surface area contributed by atoms with Crippen molar-refractivity contribution in [2.24, 2.45) is 16.7 Å². The zero-order chi connectivity index (χ0) is 20.6. The number of ketones is 1. The van der Waals surface area contributed by atoms with Crippen LogP contribution in [0.25, 0.3) is 6.08 Å². The van der Waals surface area contributed by atoms with Crippen LogP contribution in [0, 0.1) is 16.7 Å². The SMILES string of the molecule is COC(CO)(COCc1ccc(C=C2C(=O)C3CCC2(C)C3(C)C)cc1)OC. The molecule has 2 fully saturated rings. The molecule has 0 aliphatic heterocycles. The minimum Gasteiger partial charge on any atom is -0.391 e. The molecule has 2 aliphatic rings. The number of Topliss-reactive ketones (excluding diaryl/α,β-unsaturated/α-hetero) is 1. The summed E-state index contributed by atoms with van der Waals surface area (Å²) < 4.78 is 16.0.